The molecule has 112 valence electrons. The Hall–Kier alpha value is -0.740. The Morgan fingerprint density at radius 3 is 2.70 bits per heavy atom. The fraction of sp³-hybridized carbons (Fsp3) is 0.625. The van der Waals surface area contributed by atoms with Crippen molar-refractivity contribution in [3.05, 3.63) is 30.1 Å². The average Bonchev–Trinajstić information content (AvgIpc) is 2.45. The van der Waals surface area contributed by atoms with Gasteiger partial charge in [0.25, 0.3) is 0 Å². The molecule has 1 aliphatic carbocycles. The number of halogens is 1. The zero-order valence-corrected chi connectivity index (χ0v) is 13.3. The van der Waals surface area contributed by atoms with Crippen LogP contribution in [0.4, 0.5) is 4.39 Å². The normalized spacial score (nSPS) is 28.6. The Labute approximate surface area is 123 Å². The van der Waals surface area contributed by atoms with Crippen molar-refractivity contribution in [1.82, 2.24) is 5.32 Å². The van der Waals surface area contributed by atoms with Crippen LogP contribution < -0.4 is 5.32 Å². The molecule has 4 unspecified atom stereocenters. The first-order valence-electron chi connectivity index (χ1n) is 7.36. The number of hydrogen-bond donors (Lipinski definition) is 1. The third-order valence-corrected chi connectivity index (χ3v) is 6.24. The molecule has 1 aromatic carbocycles. The molecule has 4 atom stereocenters. The predicted molar refractivity (Wildman–Crippen MR) is 81.6 cm³/mol. The van der Waals surface area contributed by atoms with Crippen LogP contribution in [0.1, 0.15) is 33.1 Å². The largest absolute Gasteiger partial charge is 0.316 e. The zero-order valence-electron chi connectivity index (χ0n) is 12.4. The summed E-state index contributed by atoms with van der Waals surface area (Å²) in [7, 11) is 0.777. The molecule has 1 aliphatic rings. The standard InChI is InChI=1S/C16H24FNOS/c1-11(2)12-7-8-15(18-3)16(9-12)20(19)14-6-4-5-13(17)10-14/h4-6,10-12,15-16,18H,7-9H2,1-3H3. The van der Waals surface area contributed by atoms with Crippen molar-refractivity contribution in [2.24, 2.45) is 11.8 Å². The quantitative estimate of drug-likeness (QED) is 0.923. The van der Waals surface area contributed by atoms with E-state index in [9.17, 15) is 8.60 Å². The van der Waals surface area contributed by atoms with Gasteiger partial charge in [0.05, 0.1) is 16.0 Å². The van der Waals surface area contributed by atoms with Gasteiger partial charge in [0.15, 0.2) is 0 Å². The SMILES string of the molecule is CNC1CCC(C(C)C)CC1S(=O)c1cccc(F)c1. The first-order chi connectivity index (χ1) is 9.52. The van der Waals surface area contributed by atoms with Crippen molar-refractivity contribution >= 4 is 10.8 Å². The molecule has 1 saturated carbocycles. The van der Waals surface area contributed by atoms with Crippen molar-refractivity contribution in [2.75, 3.05) is 7.05 Å². The fourth-order valence-corrected chi connectivity index (χ4v) is 4.88. The molecule has 2 nitrogen and oxygen atoms in total. The van der Waals surface area contributed by atoms with E-state index in [1.807, 2.05) is 7.05 Å². The number of rotatable bonds is 4. The summed E-state index contributed by atoms with van der Waals surface area (Å²) in [4.78, 5) is 0.611. The highest BCUT2D eigenvalue weighted by atomic mass is 32.2. The first kappa shape index (κ1) is 15.6. The summed E-state index contributed by atoms with van der Waals surface area (Å²) >= 11 is 0. The van der Waals surface area contributed by atoms with Crippen LogP contribution in [0.15, 0.2) is 29.2 Å². The molecule has 0 saturated heterocycles. The maximum atomic E-state index is 13.3. The summed E-state index contributed by atoms with van der Waals surface area (Å²) in [5.41, 5.74) is 0. The molecule has 0 amide bonds. The Bertz CT molecular complexity index is 477. The van der Waals surface area contributed by atoms with Gasteiger partial charge in [-0.1, -0.05) is 19.9 Å². The van der Waals surface area contributed by atoms with Gasteiger partial charge in [-0.3, -0.25) is 4.21 Å². The van der Waals surface area contributed by atoms with Gasteiger partial charge in [-0.2, -0.15) is 0 Å². The third kappa shape index (κ3) is 3.47. The van der Waals surface area contributed by atoms with Gasteiger partial charge in [0.2, 0.25) is 0 Å². The van der Waals surface area contributed by atoms with E-state index >= 15 is 0 Å². The minimum absolute atomic E-state index is 0.0722. The molecule has 0 aromatic heterocycles. The van der Waals surface area contributed by atoms with E-state index in [2.05, 4.69) is 19.2 Å². The summed E-state index contributed by atoms with van der Waals surface area (Å²) in [6.45, 7) is 4.46. The summed E-state index contributed by atoms with van der Waals surface area (Å²) in [5.74, 6) is 0.912. The monoisotopic (exact) mass is 297 g/mol. The van der Waals surface area contributed by atoms with E-state index in [-0.39, 0.29) is 17.1 Å². The summed E-state index contributed by atoms with van der Waals surface area (Å²) in [6.07, 6.45) is 3.18. The number of benzene rings is 1. The molecule has 1 fully saturated rings. The summed E-state index contributed by atoms with van der Waals surface area (Å²) < 4.78 is 26.1. The molecular weight excluding hydrogens is 273 g/mol. The fourth-order valence-electron chi connectivity index (χ4n) is 3.10. The van der Waals surface area contributed by atoms with E-state index < -0.39 is 10.8 Å². The van der Waals surface area contributed by atoms with Crippen LogP contribution in [-0.2, 0) is 10.8 Å². The summed E-state index contributed by atoms with van der Waals surface area (Å²) in [6, 6.07) is 6.47. The van der Waals surface area contributed by atoms with Crippen LogP contribution in [0.25, 0.3) is 0 Å². The van der Waals surface area contributed by atoms with Gasteiger partial charge in [-0.05, 0) is 56.3 Å². The minimum atomic E-state index is -1.15. The van der Waals surface area contributed by atoms with Crippen LogP contribution in [0, 0.1) is 17.7 Å². The first-order valence-corrected chi connectivity index (χ1v) is 8.57. The smallest absolute Gasteiger partial charge is 0.124 e. The molecule has 2 rings (SSSR count). The second-order valence-corrected chi connectivity index (χ2v) is 7.68. The molecule has 1 aromatic rings. The molecule has 0 spiro atoms. The molecule has 1 N–H and O–H groups in total. The van der Waals surface area contributed by atoms with Crippen LogP contribution in [0.5, 0.6) is 0 Å². The van der Waals surface area contributed by atoms with Crippen molar-refractivity contribution in [3.63, 3.8) is 0 Å². The Morgan fingerprint density at radius 1 is 1.35 bits per heavy atom. The van der Waals surface area contributed by atoms with Gasteiger partial charge in [-0.25, -0.2) is 4.39 Å². The van der Waals surface area contributed by atoms with Gasteiger partial charge in [0.1, 0.15) is 5.82 Å². The van der Waals surface area contributed by atoms with E-state index in [1.165, 1.54) is 18.6 Å². The van der Waals surface area contributed by atoms with Gasteiger partial charge >= 0.3 is 0 Å². The molecule has 0 bridgehead atoms. The van der Waals surface area contributed by atoms with Gasteiger partial charge in [0, 0.05) is 10.9 Å². The number of hydrogen-bond acceptors (Lipinski definition) is 2. The maximum Gasteiger partial charge on any atom is 0.124 e. The lowest BCUT2D eigenvalue weighted by atomic mass is 9.79. The van der Waals surface area contributed by atoms with Crippen molar-refractivity contribution in [1.29, 1.82) is 0 Å². The lowest BCUT2D eigenvalue weighted by Crippen LogP contribution is -2.45. The molecule has 0 radical (unpaired) electrons. The second kappa shape index (κ2) is 6.81. The van der Waals surface area contributed by atoms with E-state index in [0.717, 1.165) is 12.8 Å². The highest BCUT2D eigenvalue weighted by Crippen LogP contribution is 2.34. The van der Waals surface area contributed by atoms with Crippen molar-refractivity contribution < 1.29 is 8.60 Å². The lowest BCUT2D eigenvalue weighted by molar-refractivity contribution is 0.249. The second-order valence-electron chi connectivity index (χ2n) is 6.01. The summed E-state index contributed by atoms with van der Waals surface area (Å²) in [5, 5.41) is 3.36. The average molecular weight is 297 g/mol. The minimum Gasteiger partial charge on any atom is -0.316 e. The third-order valence-electron chi connectivity index (χ3n) is 4.45. The van der Waals surface area contributed by atoms with Gasteiger partial charge in [-0.15, -0.1) is 0 Å². The predicted octanol–water partition coefficient (Wildman–Crippen LogP) is 3.35. The Morgan fingerprint density at radius 2 is 2.10 bits per heavy atom. The van der Waals surface area contributed by atoms with Crippen LogP contribution in [0.3, 0.4) is 0 Å². The Balaban J connectivity index is 2.20. The highest BCUT2D eigenvalue weighted by molar-refractivity contribution is 7.85. The molecule has 20 heavy (non-hydrogen) atoms. The molecule has 4 heteroatoms. The van der Waals surface area contributed by atoms with Crippen LogP contribution >= 0.6 is 0 Å². The molecular formula is C16H24FNOS. The number of nitrogens with one attached hydrogen (secondary N) is 1. The van der Waals surface area contributed by atoms with Crippen LogP contribution in [0.2, 0.25) is 0 Å². The Kier molecular flexibility index (Phi) is 5.33. The van der Waals surface area contributed by atoms with Crippen LogP contribution in [-0.4, -0.2) is 22.5 Å². The topological polar surface area (TPSA) is 29.1 Å². The molecule has 0 aliphatic heterocycles. The highest BCUT2D eigenvalue weighted by Gasteiger charge is 2.35. The van der Waals surface area contributed by atoms with E-state index in [0.29, 0.717) is 16.7 Å². The van der Waals surface area contributed by atoms with E-state index in [4.69, 9.17) is 0 Å². The maximum absolute atomic E-state index is 13.3. The zero-order chi connectivity index (χ0) is 14.7. The molecule has 0 heterocycles. The van der Waals surface area contributed by atoms with Crippen molar-refractivity contribution in [3.8, 4) is 0 Å². The van der Waals surface area contributed by atoms with Gasteiger partial charge < -0.3 is 5.32 Å². The lowest BCUT2D eigenvalue weighted by Gasteiger charge is -2.37. The van der Waals surface area contributed by atoms with Crippen molar-refractivity contribution in [2.45, 2.75) is 49.3 Å². The van der Waals surface area contributed by atoms with E-state index in [1.54, 1.807) is 12.1 Å².